The van der Waals surface area contributed by atoms with E-state index in [0.29, 0.717) is 10.4 Å². The van der Waals surface area contributed by atoms with Crippen LogP contribution in [-0.4, -0.2) is 19.8 Å². The van der Waals surface area contributed by atoms with E-state index in [1.165, 1.54) is 30.1 Å². The molecule has 0 spiro atoms. The average Bonchev–Trinajstić information content (AvgIpc) is 3.19. The largest absolute Gasteiger partial charge is 0.486 e. The Morgan fingerprint density at radius 1 is 1.21 bits per heavy atom. The third-order valence-electron chi connectivity index (χ3n) is 4.93. The van der Waals surface area contributed by atoms with E-state index in [9.17, 15) is 18.0 Å². The van der Waals surface area contributed by atoms with E-state index in [2.05, 4.69) is 21.9 Å². The molecule has 0 saturated heterocycles. The van der Waals surface area contributed by atoms with Gasteiger partial charge in [0.25, 0.3) is 5.91 Å². The third kappa shape index (κ3) is 6.53. The predicted molar refractivity (Wildman–Crippen MR) is 124 cm³/mol. The lowest BCUT2D eigenvalue weighted by molar-refractivity contribution is -0.137. The molecule has 0 atom stereocenters. The fourth-order valence-electron chi connectivity index (χ4n) is 3.04. The summed E-state index contributed by atoms with van der Waals surface area (Å²) in [6, 6.07) is 2.81. The molecule has 34 heavy (non-hydrogen) atoms. The second-order valence-electron chi connectivity index (χ2n) is 8.76. The van der Waals surface area contributed by atoms with Gasteiger partial charge in [0.15, 0.2) is 0 Å². The van der Waals surface area contributed by atoms with Crippen LogP contribution in [0.1, 0.15) is 67.7 Å². The second kappa shape index (κ2) is 10.5. The molecule has 0 aliphatic rings. The summed E-state index contributed by atoms with van der Waals surface area (Å²) >= 11 is 1.31. The lowest BCUT2D eigenvalue weighted by Crippen LogP contribution is -2.18. The van der Waals surface area contributed by atoms with Crippen LogP contribution in [-0.2, 0) is 24.7 Å². The molecule has 0 aliphatic heterocycles. The Labute approximate surface area is 200 Å². The Balaban J connectivity index is 2.03. The molecule has 6 nitrogen and oxygen atoms in total. The van der Waals surface area contributed by atoms with Crippen LogP contribution in [0, 0.1) is 0 Å². The van der Waals surface area contributed by atoms with Gasteiger partial charge in [0.05, 0.1) is 23.0 Å². The van der Waals surface area contributed by atoms with Crippen LogP contribution in [0.15, 0.2) is 48.0 Å². The molecule has 10 heteroatoms. The third-order valence-corrected chi connectivity index (χ3v) is 6.30. The minimum absolute atomic E-state index is 0.00256. The highest BCUT2D eigenvalue weighted by Gasteiger charge is 2.32. The van der Waals surface area contributed by atoms with Gasteiger partial charge in [-0.25, -0.2) is 0 Å². The lowest BCUT2D eigenvalue weighted by Gasteiger charge is -2.19. The van der Waals surface area contributed by atoms with Crippen molar-refractivity contribution in [2.24, 2.45) is 4.99 Å². The van der Waals surface area contributed by atoms with Gasteiger partial charge in [0.1, 0.15) is 17.0 Å². The van der Waals surface area contributed by atoms with E-state index in [-0.39, 0.29) is 23.5 Å². The van der Waals surface area contributed by atoms with E-state index < -0.39 is 17.6 Å². The zero-order valence-corrected chi connectivity index (χ0v) is 20.3. The number of aromatic nitrogens is 3. The molecule has 0 bridgehead atoms. The number of carbonyl (C=O) groups is 1. The number of alkyl halides is 3. The highest BCUT2D eigenvalue weighted by molar-refractivity contribution is 7.04. The highest BCUT2D eigenvalue weighted by Crippen LogP contribution is 2.33. The maximum Gasteiger partial charge on any atom is 0.416 e. The smallest absolute Gasteiger partial charge is 0.416 e. The van der Waals surface area contributed by atoms with Gasteiger partial charge in [-0.3, -0.25) is 18.7 Å². The number of carbonyl (C=O) groups excluding carboxylic acids is 1. The standard InChI is InChI=1S/C24H27F3N4O2S/c1-5-6-7-16-14-31(23(2,3)4)34-22(16)30-21(32)19-12-17(24(25,26)27)8-9-20(19)33-15-18-13-28-10-11-29-18/h8-14H,5-7,15H2,1-4H3. The van der Waals surface area contributed by atoms with E-state index in [1.807, 2.05) is 30.9 Å². The van der Waals surface area contributed by atoms with Crippen molar-refractivity contribution in [2.75, 3.05) is 0 Å². The van der Waals surface area contributed by atoms with Crippen LogP contribution < -0.4 is 9.41 Å². The number of ether oxygens (including phenoxy) is 1. The van der Waals surface area contributed by atoms with Crippen molar-refractivity contribution in [3.8, 4) is 5.75 Å². The molecule has 0 unspecified atom stereocenters. The van der Waals surface area contributed by atoms with E-state index in [4.69, 9.17) is 4.74 Å². The Morgan fingerprint density at radius 3 is 2.59 bits per heavy atom. The van der Waals surface area contributed by atoms with E-state index >= 15 is 0 Å². The van der Waals surface area contributed by atoms with Crippen molar-refractivity contribution < 1.29 is 22.7 Å². The molecular formula is C24H27F3N4O2S. The van der Waals surface area contributed by atoms with Gasteiger partial charge < -0.3 is 4.74 Å². The summed E-state index contributed by atoms with van der Waals surface area (Å²) in [7, 11) is 0. The maximum atomic E-state index is 13.4. The highest BCUT2D eigenvalue weighted by atomic mass is 32.1. The molecule has 0 fully saturated rings. The van der Waals surface area contributed by atoms with Gasteiger partial charge in [0.2, 0.25) is 0 Å². The number of nitrogens with zero attached hydrogens (tertiary/aromatic N) is 4. The lowest BCUT2D eigenvalue weighted by atomic mass is 10.1. The summed E-state index contributed by atoms with van der Waals surface area (Å²) in [6.07, 6.45) is 4.41. The molecule has 1 amide bonds. The Morgan fingerprint density at radius 2 is 1.97 bits per heavy atom. The summed E-state index contributed by atoms with van der Waals surface area (Å²) in [5.74, 6) is -0.788. The number of amides is 1. The van der Waals surface area contributed by atoms with Gasteiger partial charge in [-0.15, -0.1) is 0 Å². The zero-order chi connectivity index (χ0) is 24.9. The Hall–Kier alpha value is -3.01. The molecule has 3 aromatic rings. The zero-order valence-electron chi connectivity index (χ0n) is 19.5. The number of rotatable bonds is 7. The number of hydrogen-bond acceptors (Lipinski definition) is 5. The van der Waals surface area contributed by atoms with Crippen LogP contribution in [0.2, 0.25) is 0 Å². The average molecular weight is 493 g/mol. The number of benzene rings is 1. The molecular weight excluding hydrogens is 465 g/mol. The topological polar surface area (TPSA) is 69.4 Å². The van der Waals surface area contributed by atoms with Crippen molar-refractivity contribution in [2.45, 2.75) is 65.3 Å². The molecule has 0 aliphatic carbocycles. The summed E-state index contributed by atoms with van der Waals surface area (Å²) < 4.78 is 48.3. The van der Waals surface area contributed by atoms with Crippen molar-refractivity contribution >= 4 is 17.4 Å². The molecule has 0 saturated carbocycles. The first kappa shape index (κ1) is 25.6. The van der Waals surface area contributed by atoms with Crippen molar-refractivity contribution in [1.29, 1.82) is 0 Å². The monoisotopic (exact) mass is 492 g/mol. The molecule has 3 rings (SSSR count). The van der Waals surface area contributed by atoms with Crippen LogP contribution in [0.4, 0.5) is 13.2 Å². The number of aryl methyl sites for hydroxylation is 1. The van der Waals surface area contributed by atoms with E-state index in [1.54, 1.807) is 0 Å². The molecule has 0 radical (unpaired) electrons. The number of halogens is 3. The molecule has 182 valence electrons. The molecule has 2 heterocycles. The van der Waals surface area contributed by atoms with Crippen LogP contribution in [0.25, 0.3) is 0 Å². The Bertz CT molecular complexity index is 1200. The van der Waals surface area contributed by atoms with Gasteiger partial charge in [0, 0.05) is 29.7 Å². The van der Waals surface area contributed by atoms with Crippen molar-refractivity contribution in [1.82, 2.24) is 13.9 Å². The molecule has 0 N–H and O–H groups in total. The minimum atomic E-state index is -4.61. The summed E-state index contributed by atoms with van der Waals surface area (Å²) in [6.45, 7) is 8.11. The Kier molecular flexibility index (Phi) is 7.91. The first-order valence-electron chi connectivity index (χ1n) is 10.9. The van der Waals surface area contributed by atoms with Crippen molar-refractivity contribution in [3.63, 3.8) is 0 Å². The minimum Gasteiger partial charge on any atom is -0.486 e. The normalized spacial score (nSPS) is 12.7. The van der Waals surface area contributed by atoms with Gasteiger partial charge in [-0.2, -0.15) is 18.2 Å². The van der Waals surface area contributed by atoms with Crippen LogP contribution in [0.3, 0.4) is 0 Å². The van der Waals surface area contributed by atoms with E-state index in [0.717, 1.165) is 43.0 Å². The van der Waals surface area contributed by atoms with Gasteiger partial charge >= 0.3 is 6.18 Å². The predicted octanol–water partition coefficient (Wildman–Crippen LogP) is 5.78. The second-order valence-corrected chi connectivity index (χ2v) is 9.72. The van der Waals surface area contributed by atoms with Crippen LogP contribution in [0.5, 0.6) is 5.75 Å². The summed E-state index contributed by atoms with van der Waals surface area (Å²) in [5, 5.41) is 0. The molecule has 1 aromatic carbocycles. The maximum absolute atomic E-state index is 13.4. The number of unbranched alkanes of at least 4 members (excludes halogenated alkanes) is 1. The first-order chi connectivity index (χ1) is 16.0. The summed E-state index contributed by atoms with van der Waals surface area (Å²) in [5.41, 5.74) is -0.0481. The SMILES string of the molecule is CCCCc1cn(C(C)(C)C)sc1=NC(=O)c1cc(C(F)(F)F)ccc1OCc1cnccn1. The van der Waals surface area contributed by atoms with Crippen molar-refractivity contribution in [3.05, 3.63) is 70.0 Å². The summed E-state index contributed by atoms with van der Waals surface area (Å²) in [4.78, 5) is 25.4. The fourth-order valence-corrected chi connectivity index (χ4v) is 4.08. The first-order valence-corrected chi connectivity index (χ1v) is 11.7. The molecule has 2 aromatic heterocycles. The van der Waals surface area contributed by atoms with Gasteiger partial charge in [-0.1, -0.05) is 13.3 Å². The quantitative estimate of drug-likeness (QED) is 0.420. The van der Waals surface area contributed by atoms with Crippen LogP contribution >= 0.6 is 11.5 Å². The van der Waals surface area contributed by atoms with Gasteiger partial charge in [-0.05, 0) is 63.3 Å². The number of hydrogen-bond donors (Lipinski definition) is 0. The fraction of sp³-hybridized carbons (Fsp3) is 0.417.